The van der Waals surface area contributed by atoms with Crippen LogP contribution in [0.25, 0.3) is 0 Å². The number of carbonyl (C=O) groups excluding carboxylic acids is 1. The van der Waals surface area contributed by atoms with Gasteiger partial charge in [-0.15, -0.1) is 0 Å². The first-order chi connectivity index (χ1) is 13.7. The zero-order chi connectivity index (χ0) is 19.6. The number of amides is 1. The fourth-order valence-electron chi connectivity index (χ4n) is 3.44. The van der Waals surface area contributed by atoms with Gasteiger partial charge in [-0.1, -0.05) is 30.3 Å². The molecule has 1 heterocycles. The molecule has 0 unspecified atom stereocenters. The quantitative estimate of drug-likeness (QED) is 0.721. The van der Waals surface area contributed by atoms with Crippen molar-refractivity contribution in [3.63, 3.8) is 0 Å². The second kappa shape index (κ2) is 10.7. The van der Waals surface area contributed by atoms with Crippen LogP contribution in [0.5, 0.6) is 11.5 Å². The molecule has 0 aliphatic carbocycles. The van der Waals surface area contributed by atoms with Gasteiger partial charge in [0.15, 0.2) is 0 Å². The lowest BCUT2D eigenvalue weighted by atomic mass is 9.96. The normalized spacial score (nSPS) is 15.2. The minimum absolute atomic E-state index is 0.118. The van der Waals surface area contributed by atoms with E-state index in [1.54, 1.807) is 0 Å². The van der Waals surface area contributed by atoms with E-state index in [0.29, 0.717) is 19.8 Å². The predicted octanol–water partition coefficient (Wildman–Crippen LogP) is 3.49. The van der Waals surface area contributed by atoms with E-state index >= 15 is 0 Å². The Bertz CT molecular complexity index is 710. The summed E-state index contributed by atoms with van der Waals surface area (Å²) in [5.41, 5.74) is 1.14. The lowest BCUT2D eigenvalue weighted by molar-refractivity contribution is -0.126. The maximum absolute atomic E-state index is 12.4. The van der Waals surface area contributed by atoms with E-state index in [9.17, 15) is 4.79 Å². The van der Waals surface area contributed by atoms with E-state index in [-0.39, 0.29) is 11.8 Å². The molecule has 1 saturated heterocycles. The van der Waals surface area contributed by atoms with Crippen molar-refractivity contribution in [2.75, 3.05) is 32.8 Å². The molecular weight excluding hydrogens is 352 g/mol. The smallest absolute Gasteiger partial charge is 0.223 e. The van der Waals surface area contributed by atoms with Gasteiger partial charge in [-0.25, -0.2) is 0 Å². The van der Waals surface area contributed by atoms with Crippen LogP contribution in [0.15, 0.2) is 54.6 Å². The molecule has 0 bridgehead atoms. The van der Waals surface area contributed by atoms with Crippen molar-refractivity contribution < 1.29 is 14.3 Å². The Hall–Kier alpha value is -2.53. The van der Waals surface area contributed by atoms with E-state index in [0.717, 1.165) is 49.5 Å². The van der Waals surface area contributed by atoms with Crippen molar-refractivity contribution in [2.24, 2.45) is 5.92 Å². The van der Waals surface area contributed by atoms with Crippen LogP contribution in [-0.4, -0.2) is 43.7 Å². The molecule has 1 fully saturated rings. The number of hydrogen-bond acceptors (Lipinski definition) is 4. The van der Waals surface area contributed by atoms with Gasteiger partial charge < -0.3 is 14.8 Å². The second-order valence-electron chi connectivity index (χ2n) is 7.07. The summed E-state index contributed by atoms with van der Waals surface area (Å²) in [7, 11) is 0. The standard InChI is InChI=1S/C23H30N2O3/c1-2-27-21-8-10-22(11-9-21)28-17-16-25-14-12-20(13-15-25)23(26)24-18-19-6-4-3-5-7-19/h3-11,20H,2,12-18H2,1H3,(H,24,26). The highest BCUT2D eigenvalue weighted by atomic mass is 16.5. The Balaban J connectivity index is 1.32. The van der Waals surface area contributed by atoms with Gasteiger partial charge in [0.1, 0.15) is 18.1 Å². The minimum Gasteiger partial charge on any atom is -0.494 e. The van der Waals surface area contributed by atoms with E-state index in [2.05, 4.69) is 10.2 Å². The summed E-state index contributed by atoms with van der Waals surface area (Å²) >= 11 is 0. The highest BCUT2D eigenvalue weighted by molar-refractivity contribution is 5.78. The molecule has 1 aliphatic rings. The largest absolute Gasteiger partial charge is 0.494 e. The average molecular weight is 383 g/mol. The molecule has 150 valence electrons. The van der Waals surface area contributed by atoms with Crippen molar-refractivity contribution in [1.29, 1.82) is 0 Å². The SMILES string of the molecule is CCOc1ccc(OCCN2CCC(C(=O)NCc3ccccc3)CC2)cc1. The Labute approximate surface area is 167 Å². The Morgan fingerprint density at radius 2 is 1.64 bits per heavy atom. The van der Waals surface area contributed by atoms with Gasteiger partial charge in [-0.05, 0) is 62.7 Å². The van der Waals surface area contributed by atoms with E-state index < -0.39 is 0 Å². The van der Waals surface area contributed by atoms with Crippen LogP contribution >= 0.6 is 0 Å². The highest BCUT2D eigenvalue weighted by Crippen LogP contribution is 2.19. The van der Waals surface area contributed by atoms with Crippen LogP contribution in [0.2, 0.25) is 0 Å². The summed E-state index contributed by atoms with van der Waals surface area (Å²) in [6.45, 7) is 6.66. The maximum Gasteiger partial charge on any atom is 0.223 e. The van der Waals surface area contributed by atoms with Gasteiger partial charge in [-0.3, -0.25) is 9.69 Å². The molecule has 0 radical (unpaired) electrons. The summed E-state index contributed by atoms with van der Waals surface area (Å²) in [5, 5.41) is 3.07. The molecule has 1 N–H and O–H groups in total. The first-order valence-electron chi connectivity index (χ1n) is 10.1. The van der Waals surface area contributed by atoms with Crippen LogP contribution in [0, 0.1) is 5.92 Å². The molecule has 1 amide bonds. The van der Waals surface area contributed by atoms with Gasteiger partial charge in [0.25, 0.3) is 0 Å². The summed E-state index contributed by atoms with van der Waals surface area (Å²) in [5.74, 6) is 2.02. The number of likely N-dealkylation sites (tertiary alicyclic amines) is 1. The number of benzene rings is 2. The third-order valence-electron chi connectivity index (χ3n) is 5.08. The Kier molecular flexibility index (Phi) is 7.73. The highest BCUT2D eigenvalue weighted by Gasteiger charge is 2.24. The molecule has 5 nitrogen and oxygen atoms in total. The molecule has 2 aromatic carbocycles. The zero-order valence-corrected chi connectivity index (χ0v) is 16.6. The molecule has 3 rings (SSSR count). The molecule has 5 heteroatoms. The lowest BCUT2D eigenvalue weighted by Gasteiger charge is -2.31. The molecule has 1 aliphatic heterocycles. The third-order valence-corrected chi connectivity index (χ3v) is 5.08. The second-order valence-corrected chi connectivity index (χ2v) is 7.07. The number of piperidine rings is 1. The topological polar surface area (TPSA) is 50.8 Å². The minimum atomic E-state index is 0.118. The fourth-order valence-corrected chi connectivity index (χ4v) is 3.44. The number of ether oxygens (including phenoxy) is 2. The van der Waals surface area contributed by atoms with Crippen molar-refractivity contribution in [2.45, 2.75) is 26.3 Å². The first-order valence-corrected chi connectivity index (χ1v) is 10.1. The van der Waals surface area contributed by atoms with Crippen LogP contribution in [0.3, 0.4) is 0 Å². The van der Waals surface area contributed by atoms with Gasteiger partial charge >= 0.3 is 0 Å². The maximum atomic E-state index is 12.4. The predicted molar refractivity (Wildman–Crippen MR) is 111 cm³/mol. The monoisotopic (exact) mass is 382 g/mol. The van der Waals surface area contributed by atoms with Crippen LogP contribution in [0.1, 0.15) is 25.3 Å². The number of nitrogens with zero attached hydrogens (tertiary/aromatic N) is 1. The molecule has 2 aromatic rings. The van der Waals surface area contributed by atoms with Crippen LogP contribution in [0.4, 0.5) is 0 Å². The molecule has 0 spiro atoms. The van der Waals surface area contributed by atoms with Crippen molar-refractivity contribution >= 4 is 5.91 Å². The number of hydrogen-bond donors (Lipinski definition) is 1. The molecule has 0 atom stereocenters. The molecule has 28 heavy (non-hydrogen) atoms. The van der Waals surface area contributed by atoms with E-state index in [1.165, 1.54) is 0 Å². The first kappa shape index (κ1) is 20.2. The van der Waals surface area contributed by atoms with Gasteiger partial charge in [0.05, 0.1) is 6.61 Å². The molecular formula is C23H30N2O3. The zero-order valence-electron chi connectivity index (χ0n) is 16.6. The van der Waals surface area contributed by atoms with Gasteiger partial charge in [0, 0.05) is 19.0 Å². The van der Waals surface area contributed by atoms with Crippen molar-refractivity contribution in [3.8, 4) is 11.5 Å². The van der Waals surface area contributed by atoms with Crippen LogP contribution < -0.4 is 14.8 Å². The fraction of sp³-hybridized carbons (Fsp3) is 0.435. The Morgan fingerprint density at radius 3 is 2.29 bits per heavy atom. The number of rotatable bonds is 9. The molecule has 0 aromatic heterocycles. The lowest BCUT2D eigenvalue weighted by Crippen LogP contribution is -2.41. The summed E-state index contributed by atoms with van der Waals surface area (Å²) in [6, 6.07) is 17.8. The number of nitrogens with one attached hydrogen (secondary N) is 1. The molecule has 0 saturated carbocycles. The van der Waals surface area contributed by atoms with Crippen LogP contribution in [-0.2, 0) is 11.3 Å². The van der Waals surface area contributed by atoms with E-state index in [4.69, 9.17) is 9.47 Å². The van der Waals surface area contributed by atoms with E-state index in [1.807, 2.05) is 61.5 Å². The van der Waals surface area contributed by atoms with Gasteiger partial charge in [0.2, 0.25) is 5.91 Å². The van der Waals surface area contributed by atoms with Crippen molar-refractivity contribution in [3.05, 3.63) is 60.2 Å². The summed E-state index contributed by atoms with van der Waals surface area (Å²) in [4.78, 5) is 14.8. The average Bonchev–Trinajstić information content (AvgIpc) is 2.75. The van der Waals surface area contributed by atoms with Gasteiger partial charge in [-0.2, -0.15) is 0 Å². The summed E-state index contributed by atoms with van der Waals surface area (Å²) < 4.78 is 11.3. The summed E-state index contributed by atoms with van der Waals surface area (Å²) in [6.07, 6.45) is 1.81. The Morgan fingerprint density at radius 1 is 1.00 bits per heavy atom. The van der Waals surface area contributed by atoms with Crippen molar-refractivity contribution in [1.82, 2.24) is 10.2 Å². The number of carbonyl (C=O) groups is 1. The third kappa shape index (κ3) is 6.27.